The van der Waals surface area contributed by atoms with E-state index in [4.69, 9.17) is 4.74 Å². The van der Waals surface area contributed by atoms with E-state index in [0.717, 1.165) is 11.3 Å². The molecular formula is C12H18ClNO2. The van der Waals surface area contributed by atoms with Crippen LogP contribution >= 0.6 is 12.4 Å². The number of aliphatic hydroxyl groups is 1. The molecule has 1 aromatic rings. The van der Waals surface area contributed by atoms with Gasteiger partial charge in [0, 0.05) is 13.1 Å². The molecule has 0 heterocycles. The first-order valence-electron chi connectivity index (χ1n) is 4.91. The van der Waals surface area contributed by atoms with Gasteiger partial charge >= 0.3 is 0 Å². The van der Waals surface area contributed by atoms with Gasteiger partial charge in [-0.2, -0.15) is 0 Å². The Balaban J connectivity index is 0.00000225. The topological polar surface area (TPSA) is 41.5 Å². The van der Waals surface area contributed by atoms with Crippen molar-refractivity contribution < 1.29 is 9.84 Å². The van der Waals surface area contributed by atoms with Gasteiger partial charge in [-0.05, 0) is 17.7 Å². The number of hydrogen-bond acceptors (Lipinski definition) is 3. The highest BCUT2D eigenvalue weighted by molar-refractivity contribution is 5.85. The molecule has 1 aromatic carbocycles. The Morgan fingerprint density at radius 1 is 1.56 bits per heavy atom. The molecule has 3 nitrogen and oxygen atoms in total. The summed E-state index contributed by atoms with van der Waals surface area (Å²) < 4.78 is 5.08. The second kappa shape index (κ2) is 8.16. The zero-order valence-electron chi connectivity index (χ0n) is 9.35. The molecule has 0 aromatic heterocycles. The van der Waals surface area contributed by atoms with Crippen LogP contribution in [0.25, 0.3) is 0 Å². The van der Waals surface area contributed by atoms with Crippen LogP contribution < -0.4 is 10.1 Å². The average Bonchev–Trinajstić information content (AvgIpc) is 2.29. The summed E-state index contributed by atoms with van der Waals surface area (Å²) in [6, 6.07) is 7.43. The molecule has 0 aliphatic carbocycles. The predicted octanol–water partition coefficient (Wildman–Crippen LogP) is 1.93. The molecule has 0 saturated carbocycles. The SMILES string of the molecule is C=CCNCC(O)c1cccc(OC)c1.Cl. The maximum absolute atomic E-state index is 9.81. The van der Waals surface area contributed by atoms with E-state index in [1.54, 1.807) is 13.2 Å². The smallest absolute Gasteiger partial charge is 0.119 e. The van der Waals surface area contributed by atoms with Crippen LogP contribution in [0.15, 0.2) is 36.9 Å². The minimum Gasteiger partial charge on any atom is -0.497 e. The highest BCUT2D eigenvalue weighted by Crippen LogP contribution is 2.18. The highest BCUT2D eigenvalue weighted by atomic mass is 35.5. The second-order valence-corrected chi connectivity index (χ2v) is 3.24. The van der Waals surface area contributed by atoms with Crippen molar-refractivity contribution in [2.24, 2.45) is 0 Å². The van der Waals surface area contributed by atoms with Gasteiger partial charge in [-0.25, -0.2) is 0 Å². The lowest BCUT2D eigenvalue weighted by atomic mass is 10.1. The molecule has 90 valence electrons. The molecule has 0 aliphatic rings. The summed E-state index contributed by atoms with van der Waals surface area (Å²) in [5.41, 5.74) is 0.853. The minimum absolute atomic E-state index is 0. The summed E-state index contributed by atoms with van der Waals surface area (Å²) >= 11 is 0. The molecule has 4 heteroatoms. The van der Waals surface area contributed by atoms with Crippen molar-refractivity contribution in [3.05, 3.63) is 42.5 Å². The predicted molar refractivity (Wildman–Crippen MR) is 68.3 cm³/mol. The zero-order valence-corrected chi connectivity index (χ0v) is 10.2. The van der Waals surface area contributed by atoms with E-state index in [1.807, 2.05) is 24.3 Å². The Labute approximate surface area is 103 Å². The normalized spacial score (nSPS) is 11.4. The fraction of sp³-hybridized carbons (Fsp3) is 0.333. The van der Waals surface area contributed by atoms with E-state index < -0.39 is 6.10 Å². The first-order chi connectivity index (χ1) is 7.27. The summed E-state index contributed by atoms with van der Waals surface area (Å²) in [4.78, 5) is 0. The van der Waals surface area contributed by atoms with E-state index in [0.29, 0.717) is 13.1 Å². The van der Waals surface area contributed by atoms with Gasteiger partial charge in [0.2, 0.25) is 0 Å². The molecule has 0 radical (unpaired) electrons. The fourth-order valence-corrected chi connectivity index (χ4v) is 1.29. The first-order valence-corrected chi connectivity index (χ1v) is 4.91. The summed E-state index contributed by atoms with van der Waals surface area (Å²) in [5, 5.41) is 12.9. The van der Waals surface area contributed by atoms with Crippen molar-refractivity contribution >= 4 is 12.4 Å². The van der Waals surface area contributed by atoms with Gasteiger partial charge in [0.15, 0.2) is 0 Å². The van der Waals surface area contributed by atoms with E-state index in [-0.39, 0.29) is 12.4 Å². The minimum atomic E-state index is -0.514. The van der Waals surface area contributed by atoms with Crippen LogP contribution in [-0.4, -0.2) is 25.3 Å². The maximum atomic E-state index is 9.81. The van der Waals surface area contributed by atoms with E-state index >= 15 is 0 Å². The van der Waals surface area contributed by atoms with Crippen LogP contribution in [-0.2, 0) is 0 Å². The van der Waals surface area contributed by atoms with Crippen LogP contribution in [0.1, 0.15) is 11.7 Å². The van der Waals surface area contributed by atoms with Gasteiger partial charge in [-0.3, -0.25) is 0 Å². The van der Waals surface area contributed by atoms with Crippen LogP contribution in [0.3, 0.4) is 0 Å². The molecule has 1 unspecified atom stereocenters. The van der Waals surface area contributed by atoms with Crippen molar-refractivity contribution in [3.63, 3.8) is 0 Å². The Morgan fingerprint density at radius 3 is 2.94 bits per heavy atom. The molecular weight excluding hydrogens is 226 g/mol. The number of hydrogen-bond donors (Lipinski definition) is 2. The molecule has 1 rings (SSSR count). The Hall–Kier alpha value is -1.03. The number of ether oxygens (including phenoxy) is 1. The van der Waals surface area contributed by atoms with Crippen molar-refractivity contribution in [2.45, 2.75) is 6.10 Å². The lowest BCUT2D eigenvalue weighted by Crippen LogP contribution is -2.21. The summed E-state index contributed by atoms with van der Waals surface area (Å²) in [6.07, 6.45) is 1.25. The highest BCUT2D eigenvalue weighted by Gasteiger charge is 2.06. The third-order valence-electron chi connectivity index (χ3n) is 2.10. The number of nitrogens with one attached hydrogen (secondary N) is 1. The maximum Gasteiger partial charge on any atom is 0.119 e. The van der Waals surface area contributed by atoms with Crippen molar-refractivity contribution in [2.75, 3.05) is 20.2 Å². The second-order valence-electron chi connectivity index (χ2n) is 3.24. The Morgan fingerprint density at radius 2 is 2.31 bits per heavy atom. The molecule has 0 amide bonds. The molecule has 0 fully saturated rings. The van der Waals surface area contributed by atoms with Gasteiger partial charge < -0.3 is 15.2 Å². The number of aliphatic hydroxyl groups excluding tert-OH is 1. The largest absolute Gasteiger partial charge is 0.497 e. The molecule has 0 bridgehead atoms. The zero-order chi connectivity index (χ0) is 11.1. The van der Waals surface area contributed by atoms with Gasteiger partial charge in [0.05, 0.1) is 13.2 Å². The lowest BCUT2D eigenvalue weighted by Gasteiger charge is -2.12. The molecule has 2 N–H and O–H groups in total. The third-order valence-corrected chi connectivity index (χ3v) is 2.10. The quantitative estimate of drug-likeness (QED) is 0.593. The average molecular weight is 244 g/mol. The molecule has 0 spiro atoms. The lowest BCUT2D eigenvalue weighted by molar-refractivity contribution is 0.176. The Bertz CT molecular complexity index is 318. The van der Waals surface area contributed by atoms with Crippen molar-refractivity contribution in [1.82, 2.24) is 5.32 Å². The Kier molecular flexibility index (Phi) is 7.64. The molecule has 0 aliphatic heterocycles. The van der Waals surface area contributed by atoms with Crippen LogP contribution in [0, 0.1) is 0 Å². The molecule has 1 atom stereocenters. The van der Waals surface area contributed by atoms with Gasteiger partial charge in [0.1, 0.15) is 5.75 Å². The number of halogens is 1. The summed E-state index contributed by atoms with van der Waals surface area (Å²) in [5.74, 6) is 0.760. The number of benzene rings is 1. The van der Waals surface area contributed by atoms with E-state index in [1.165, 1.54) is 0 Å². The first kappa shape index (κ1) is 15.0. The summed E-state index contributed by atoms with van der Waals surface area (Å²) in [6.45, 7) is 4.80. The van der Waals surface area contributed by atoms with E-state index in [9.17, 15) is 5.11 Å². The molecule has 16 heavy (non-hydrogen) atoms. The fourth-order valence-electron chi connectivity index (χ4n) is 1.29. The third kappa shape index (κ3) is 4.66. The van der Waals surface area contributed by atoms with Gasteiger partial charge in [0.25, 0.3) is 0 Å². The van der Waals surface area contributed by atoms with Gasteiger partial charge in [-0.1, -0.05) is 18.2 Å². The van der Waals surface area contributed by atoms with E-state index in [2.05, 4.69) is 11.9 Å². The number of rotatable bonds is 6. The standard InChI is InChI=1S/C12H17NO2.ClH/c1-3-7-13-9-12(14)10-5-4-6-11(8-10)15-2;/h3-6,8,12-14H,1,7,9H2,2H3;1H. The number of methoxy groups -OCH3 is 1. The van der Waals surface area contributed by atoms with Crippen LogP contribution in [0.4, 0.5) is 0 Å². The summed E-state index contributed by atoms with van der Waals surface area (Å²) in [7, 11) is 1.61. The monoisotopic (exact) mass is 243 g/mol. The van der Waals surface area contributed by atoms with Crippen molar-refractivity contribution in [3.8, 4) is 5.75 Å². The van der Waals surface area contributed by atoms with Crippen LogP contribution in [0.2, 0.25) is 0 Å². The van der Waals surface area contributed by atoms with Gasteiger partial charge in [-0.15, -0.1) is 19.0 Å². The van der Waals surface area contributed by atoms with Crippen molar-refractivity contribution in [1.29, 1.82) is 0 Å². The van der Waals surface area contributed by atoms with Crippen LogP contribution in [0.5, 0.6) is 5.75 Å². The molecule has 0 saturated heterocycles.